The van der Waals surface area contributed by atoms with Crippen LogP contribution in [0.25, 0.3) is 16.7 Å². The molecule has 1 aromatic carbocycles. The number of pyridine rings is 2. The van der Waals surface area contributed by atoms with Crippen molar-refractivity contribution in [1.82, 2.24) is 30.7 Å². The van der Waals surface area contributed by atoms with Crippen molar-refractivity contribution < 1.29 is 41.1 Å². The first-order valence-corrected chi connectivity index (χ1v) is 13.8. The number of nitrogens with zero attached hydrogens (tertiary/aromatic N) is 4. The number of aromatic nitrogens is 4. The molecular formula is C31H30F4N6O5. The van der Waals surface area contributed by atoms with Crippen molar-refractivity contribution in [2.75, 3.05) is 14.2 Å². The molecule has 0 saturated carbocycles. The number of halogens is 4. The number of amides is 2. The van der Waals surface area contributed by atoms with E-state index in [9.17, 15) is 27.2 Å². The predicted octanol–water partition coefficient (Wildman–Crippen LogP) is 5.17. The quantitative estimate of drug-likeness (QED) is 0.158. The van der Waals surface area contributed by atoms with Crippen molar-refractivity contribution in [3.05, 3.63) is 89.7 Å². The van der Waals surface area contributed by atoms with Gasteiger partial charge in [-0.25, -0.2) is 9.37 Å². The van der Waals surface area contributed by atoms with E-state index in [1.165, 1.54) is 56.8 Å². The second kappa shape index (κ2) is 13.7. The van der Waals surface area contributed by atoms with Gasteiger partial charge in [0.05, 0.1) is 18.3 Å². The SMILES string of the molecule is C=C(C(=O)NC)c1cc(-c2cnc(OC)c(C(=O)NC(C)(C)c3ncon3)c2)c(CCC(F)(F)F)nc1COc1ccc(F)cc1. The first-order chi connectivity index (χ1) is 21.7. The maximum absolute atomic E-state index is 13.5. The maximum Gasteiger partial charge on any atom is 0.389 e. The van der Waals surface area contributed by atoms with E-state index in [0.717, 1.165) is 6.39 Å². The number of carbonyl (C=O) groups is 2. The number of hydrogen-bond donors (Lipinski definition) is 2. The van der Waals surface area contributed by atoms with Crippen molar-refractivity contribution in [2.45, 2.75) is 45.0 Å². The van der Waals surface area contributed by atoms with Gasteiger partial charge in [-0.15, -0.1) is 0 Å². The van der Waals surface area contributed by atoms with E-state index in [1.807, 2.05) is 0 Å². The van der Waals surface area contributed by atoms with Gasteiger partial charge < -0.3 is 24.6 Å². The Morgan fingerprint density at radius 1 is 1.04 bits per heavy atom. The minimum absolute atomic E-state index is 0.00561. The third-order valence-corrected chi connectivity index (χ3v) is 6.79. The van der Waals surface area contributed by atoms with Crippen LogP contribution in [-0.2, 0) is 23.4 Å². The van der Waals surface area contributed by atoms with E-state index in [4.69, 9.17) is 14.0 Å². The zero-order valence-corrected chi connectivity index (χ0v) is 25.3. The molecule has 4 aromatic rings. The minimum Gasteiger partial charge on any atom is -0.487 e. The van der Waals surface area contributed by atoms with Crippen molar-refractivity contribution in [3.8, 4) is 22.8 Å². The zero-order valence-electron chi connectivity index (χ0n) is 25.3. The van der Waals surface area contributed by atoms with Gasteiger partial charge in [-0.05, 0) is 56.7 Å². The third-order valence-electron chi connectivity index (χ3n) is 6.79. The maximum atomic E-state index is 13.5. The molecule has 0 fully saturated rings. The molecule has 0 aliphatic rings. The van der Waals surface area contributed by atoms with Crippen LogP contribution < -0.4 is 20.1 Å². The molecule has 46 heavy (non-hydrogen) atoms. The fourth-order valence-corrected chi connectivity index (χ4v) is 4.40. The Hall–Kier alpha value is -5.34. The molecule has 242 valence electrons. The largest absolute Gasteiger partial charge is 0.487 e. The van der Waals surface area contributed by atoms with Crippen molar-refractivity contribution >= 4 is 17.4 Å². The van der Waals surface area contributed by atoms with Crippen LogP contribution in [-0.4, -0.2) is 52.3 Å². The molecule has 2 N–H and O–H groups in total. The van der Waals surface area contributed by atoms with Crippen molar-refractivity contribution in [1.29, 1.82) is 0 Å². The summed E-state index contributed by atoms with van der Waals surface area (Å²) in [5.41, 5.74) is -0.524. The van der Waals surface area contributed by atoms with E-state index < -0.39 is 42.2 Å². The molecule has 0 aliphatic heterocycles. The van der Waals surface area contributed by atoms with Gasteiger partial charge in [0.1, 0.15) is 23.7 Å². The summed E-state index contributed by atoms with van der Waals surface area (Å²) < 4.78 is 69.5. The standard InChI is InChI=1S/C31H30F4N6O5/c1-17(26(42)36-4)21-13-22(24(10-11-31(33,34)35)39-25(21)15-45-20-8-6-19(32)7-9-20)18-12-23(28(44-5)37-14-18)27(43)40-30(2,3)29-38-16-46-41-29/h6-9,12-14,16H,1,10-11,15H2,2-5H3,(H,36,42)(H,40,43). The van der Waals surface area contributed by atoms with Crippen LogP contribution in [0.4, 0.5) is 17.6 Å². The molecular weight excluding hydrogens is 612 g/mol. The average molecular weight is 643 g/mol. The molecule has 3 aromatic heterocycles. The Kier molecular flexibility index (Phi) is 10.0. The Bertz CT molecular complexity index is 1720. The highest BCUT2D eigenvalue weighted by Gasteiger charge is 2.31. The number of alkyl halides is 3. The molecule has 11 nitrogen and oxygen atoms in total. The lowest BCUT2D eigenvalue weighted by Gasteiger charge is -2.23. The number of ether oxygens (including phenoxy) is 2. The van der Waals surface area contributed by atoms with Crippen LogP contribution in [0.1, 0.15) is 53.4 Å². The lowest BCUT2D eigenvalue weighted by atomic mass is 9.95. The molecule has 2 amide bonds. The molecule has 0 aliphatic carbocycles. The second-order valence-electron chi connectivity index (χ2n) is 10.5. The first-order valence-electron chi connectivity index (χ1n) is 13.8. The van der Waals surface area contributed by atoms with Gasteiger partial charge in [-0.2, -0.15) is 18.2 Å². The van der Waals surface area contributed by atoms with E-state index >= 15 is 0 Å². The number of rotatable bonds is 12. The Labute approximate surface area is 261 Å². The summed E-state index contributed by atoms with van der Waals surface area (Å²) in [5.74, 6) is -1.31. The van der Waals surface area contributed by atoms with Crippen LogP contribution in [0.5, 0.6) is 11.6 Å². The molecule has 15 heteroatoms. The topological polar surface area (TPSA) is 141 Å². The second-order valence-corrected chi connectivity index (χ2v) is 10.5. The highest BCUT2D eigenvalue weighted by molar-refractivity contribution is 6.19. The fourth-order valence-electron chi connectivity index (χ4n) is 4.40. The smallest absolute Gasteiger partial charge is 0.389 e. The molecule has 0 bridgehead atoms. The van der Waals surface area contributed by atoms with Gasteiger partial charge in [0.2, 0.25) is 12.3 Å². The fraction of sp³-hybridized carbons (Fsp3) is 0.290. The van der Waals surface area contributed by atoms with E-state index in [1.54, 1.807) is 13.8 Å². The third kappa shape index (κ3) is 8.02. The van der Waals surface area contributed by atoms with Gasteiger partial charge >= 0.3 is 6.18 Å². The number of aryl methyl sites for hydroxylation is 1. The van der Waals surface area contributed by atoms with Gasteiger partial charge in [0, 0.05) is 47.6 Å². The summed E-state index contributed by atoms with van der Waals surface area (Å²) in [7, 11) is 2.70. The molecule has 0 spiro atoms. The summed E-state index contributed by atoms with van der Waals surface area (Å²) in [6.07, 6.45) is -3.85. The predicted molar refractivity (Wildman–Crippen MR) is 157 cm³/mol. The summed E-state index contributed by atoms with van der Waals surface area (Å²) in [4.78, 5) is 38.8. The van der Waals surface area contributed by atoms with E-state index in [-0.39, 0.29) is 63.3 Å². The molecule has 0 saturated heterocycles. The Balaban J connectivity index is 1.83. The Morgan fingerprint density at radius 2 is 1.76 bits per heavy atom. The van der Waals surface area contributed by atoms with Crippen LogP contribution in [0.2, 0.25) is 0 Å². The van der Waals surface area contributed by atoms with E-state index in [2.05, 4.69) is 37.3 Å². The lowest BCUT2D eigenvalue weighted by Crippen LogP contribution is -2.42. The van der Waals surface area contributed by atoms with Crippen LogP contribution in [0.15, 0.2) is 60.1 Å². The number of nitrogens with one attached hydrogen (secondary N) is 2. The minimum atomic E-state index is -4.52. The molecule has 0 atom stereocenters. The highest BCUT2D eigenvalue weighted by Crippen LogP contribution is 2.34. The van der Waals surface area contributed by atoms with Gasteiger partial charge in [-0.3, -0.25) is 14.6 Å². The Morgan fingerprint density at radius 3 is 2.37 bits per heavy atom. The number of benzene rings is 1. The highest BCUT2D eigenvalue weighted by atomic mass is 19.4. The number of hydrogen-bond acceptors (Lipinski definition) is 9. The van der Waals surface area contributed by atoms with Crippen LogP contribution in [0, 0.1) is 5.82 Å². The number of likely N-dealkylation sites (N-methyl/N-ethyl adjacent to an activating group) is 1. The number of methoxy groups -OCH3 is 1. The summed E-state index contributed by atoms with van der Waals surface area (Å²) in [5, 5.41) is 9.01. The molecule has 3 heterocycles. The average Bonchev–Trinajstić information content (AvgIpc) is 3.58. The summed E-state index contributed by atoms with van der Waals surface area (Å²) in [6, 6.07) is 7.95. The molecule has 4 rings (SSSR count). The molecule has 0 radical (unpaired) electrons. The zero-order chi connectivity index (χ0) is 33.6. The summed E-state index contributed by atoms with van der Waals surface area (Å²) >= 11 is 0. The lowest BCUT2D eigenvalue weighted by molar-refractivity contribution is -0.134. The van der Waals surface area contributed by atoms with Gasteiger partial charge in [0.25, 0.3) is 11.8 Å². The van der Waals surface area contributed by atoms with Crippen LogP contribution >= 0.6 is 0 Å². The van der Waals surface area contributed by atoms with E-state index in [0.29, 0.717) is 0 Å². The number of carbonyl (C=O) groups excluding carboxylic acids is 2. The van der Waals surface area contributed by atoms with Gasteiger partial charge in [0.15, 0.2) is 5.82 Å². The normalized spacial score (nSPS) is 11.6. The van der Waals surface area contributed by atoms with Crippen molar-refractivity contribution in [3.63, 3.8) is 0 Å². The summed E-state index contributed by atoms with van der Waals surface area (Å²) in [6.45, 7) is 6.85. The van der Waals surface area contributed by atoms with Crippen LogP contribution in [0.3, 0.4) is 0 Å². The van der Waals surface area contributed by atoms with Gasteiger partial charge in [-0.1, -0.05) is 11.7 Å². The monoisotopic (exact) mass is 642 g/mol. The molecule has 0 unspecified atom stereocenters. The first kappa shape index (κ1) is 33.6. The van der Waals surface area contributed by atoms with Crippen molar-refractivity contribution in [2.24, 2.45) is 0 Å².